The lowest BCUT2D eigenvalue weighted by atomic mass is 9.98. The van der Waals surface area contributed by atoms with Crippen LogP contribution in [-0.2, 0) is 17.6 Å². The Labute approximate surface area is 156 Å². The molecule has 1 aromatic heterocycles. The first-order chi connectivity index (χ1) is 13.0. The first-order valence-electron chi connectivity index (χ1n) is 8.88. The van der Waals surface area contributed by atoms with Crippen molar-refractivity contribution in [2.24, 2.45) is 0 Å². The maximum absolute atomic E-state index is 12.5. The molecule has 1 heterocycles. The molecule has 3 rings (SSSR count). The molecule has 0 saturated carbocycles. The largest absolute Gasteiger partial charge is 0.451 e. The molecule has 0 amide bonds. The Balaban J connectivity index is 1.78. The Morgan fingerprint density at radius 2 is 1.78 bits per heavy atom. The van der Waals surface area contributed by atoms with E-state index in [-0.39, 0.29) is 17.0 Å². The van der Waals surface area contributed by atoms with Crippen LogP contribution in [0.4, 0.5) is 0 Å². The Kier molecular flexibility index (Phi) is 5.50. The Morgan fingerprint density at radius 1 is 1.00 bits per heavy atom. The lowest BCUT2D eigenvalue weighted by Crippen LogP contribution is -2.17. The number of hydrogen-bond acceptors (Lipinski definition) is 5. The summed E-state index contributed by atoms with van der Waals surface area (Å²) in [7, 11) is 0. The summed E-state index contributed by atoms with van der Waals surface area (Å²) in [6.45, 7) is 3.57. The van der Waals surface area contributed by atoms with Gasteiger partial charge in [0.2, 0.25) is 11.5 Å². The van der Waals surface area contributed by atoms with Crippen molar-refractivity contribution in [1.82, 2.24) is 0 Å². The van der Waals surface area contributed by atoms with E-state index in [1.807, 2.05) is 32.0 Å². The van der Waals surface area contributed by atoms with Crippen LogP contribution in [0.5, 0.6) is 0 Å². The molecule has 3 aromatic rings. The molecule has 5 nitrogen and oxygen atoms in total. The van der Waals surface area contributed by atoms with E-state index in [2.05, 4.69) is 0 Å². The fourth-order valence-electron chi connectivity index (χ4n) is 2.90. The Hall–Kier alpha value is -3.21. The van der Waals surface area contributed by atoms with E-state index in [9.17, 15) is 14.4 Å². The molecule has 0 aliphatic rings. The van der Waals surface area contributed by atoms with Gasteiger partial charge in [-0.2, -0.15) is 0 Å². The second-order valence-corrected chi connectivity index (χ2v) is 6.17. The molecule has 5 heteroatoms. The molecule has 0 aliphatic carbocycles. The molecule has 0 saturated heterocycles. The fourth-order valence-corrected chi connectivity index (χ4v) is 2.90. The summed E-state index contributed by atoms with van der Waals surface area (Å²) >= 11 is 0. The molecule has 0 spiro atoms. The lowest BCUT2D eigenvalue weighted by Gasteiger charge is -2.10. The van der Waals surface area contributed by atoms with E-state index in [1.54, 1.807) is 24.3 Å². The summed E-state index contributed by atoms with van der Waals surface area (Å²) in [5, 5.41) is 0.383. The molecule has 0 aliphatic heterocycles. The summed E-state index contributed by atoms with van der Waals surface area (Å²) in [6, 6.07) is 13.5. The molecule has 0 N–H and O–H groups in total. The predicted molar refractivity (Wildman–Crippen MR) is 102 cm³/mol. The van der Waals surface area contributed by atoms with Gasteiger partial charge in [0.25, 0.3) is 0 Å². The maximum Gasteiger partial charge on any atom is 0.374 e. The average Bonchev–Trinajstić information content (AvgIpc) is 2.71. The number of carbonyl (C=O) groups excluding carboxylic acids is 2. The highest BCUT2D eigenvalue weighted by Gasteiger charge is 2.17. The third-order valence-electron chi connectivity index (χ3n) is 4.43. The smallest absolute Gasteiger partial charge is 0.374 e. The van der Waals surface area contributed by atoms with E-state index in [0.717, 1.165) is 23.6 Å². The van der Waals surface area contributed by atoms with Crippen LogP contribution in [0.25, 0.3) is 11.0 Å². The number of ketones is 1. The van der Waals surface area contributed by atoms with Gasteiger partial charge in [0, 0.05) is 11.6 Å². The van der Waals surface area contributed by atoms with Gasteiger partial charge in [-0.05, 0) is 42.2 Å². The number of esters is 1. The van der Waals surface area contributed by atoms with Crippen molar-refractivity contribution in [3.05, 3.63) is 81.2 Å². The van der Waals surface area contributed by atoms with E-state index in [0.29, 0.717) is 23.0 Å². The van der Waals surface area contributed by atoms with Crippen LogP contribution in [0.1, 0.15) is 45.9 Å². The predicted octanol–water partition coefficient (Wildman–Crippen LogP) is 3.96. The number of ether oxygens (including phenoxy) is 1. The Morgan fingerprint density at radius 3 is 2.52 bits per heavy atom. The molecule has 0 bridgehead atoms. The normalized spacial score (nSPS) is 10.7. The van der Waals surface area contributed by atoms with E-state index in [4.69, 9.17) is 9.15 Å². The average molecular weight is 364 g/mol. The zero-order valence-corrected chi connectivity index (χ0v) is 15.3. The zero-order chi connectivity index (χ0) is 19.4. The van der Waals surface area contributed by atoms with Crippen molar-refractivity contribution in [2.45, 2.75) is 26.7 Å². The van der Waals surface area contributed by atoms with Crippen LogP contribution in [0.15, 0.2) is 57.7 Å². The van der Waals surface area contributed by atoms with Gasteiger partial charge < -0.3 is 9.15 Å². The number of benzene rings is 2. The second-order valence-electron chi connectivity index (χ2n) is 6.17. The highest BCUT2D eigenvalue weighted by atomic mass is 16.5. The molecule has 0 unspecified atom stereocenters. The molecule has 0 atom stereocenters. The fraction of sp³-hybridized carbons (Fsp3) is 0.227. The standard InChI is InChI=1S/C22H20O5/c1-3-14-9-10-15(4-2)17(11-14)19(24)13-26-22(25)21-12-18(23)16-7-5-6-8-20(16)27-21/h5-12H,3-4,13H2,1-2H3. The minimum Gasteiger partial charge on any atom is -0.451 e. The maximum atomic E-state index is 12.5. The number of rotatable bonds is 6. The number of para-hydroxylation sites is 1. The van der Waals surface area contributed by atoms with Gasteiger partial charge in [-0.1, -0.05) is 38.1 Å². The van der Waals surface area contributed by atoms with Crippen LogP contribution in [0.2, 0.25) is 0 Å². The number of aryl methyl sites for hydroxylation is 2. The van der Waals surface area contributed by atoms with Crippen molar-refractivity contribution < 1.29 is 18.7 Å². The highest BCUT2D eigenvalue weighted by molar-refractivity contribution is 6.00. The summed E-state index contributed by atoms with van der Waals surface area (Å²) in [6.07, 6.45) is 1.52. The zero-order valence-electron chi connectivity index (χ0n) is 15.3. The van der Waals surface area contributed by atoms with Crippen molar-refractivity contribution >= 4 is 22.7 Å². The SMILES string of the molecule is CCc1ccc(CC)c(C(=O)COC(=O)c2cc(=O)c3ccccc3o2)c1. The summed E-state index contributed by atoms with van der Waals surface area (Å²) in [4.78, 5) is 36.9. The van der Waals surface area contributed by atoms with Crippen LogP contribution in [0.3, 0.4) is 0 Å². The number of hydrogen-bond donors (Lipinski definition) is 0. The van der Waals surface area contributed by atoms with Gasteiger partial charge in [0.05, 0.1) is 5.39 Å². The monoisotopic (exact) mass is 364 g/mol. The molecule has 138 valence electrons. The molecule has 0 radical (unpaired) electrons. The quantitative estimate of drug-likeness (QED) is 0.489. The first-order valence-corrected chi connectivity index (χ1v) is 8.88. The van der Waals surface area contributed by atoms with Gasteiger partial charge in [0.1, 0.15) is 5.58 Å². The van der Waals surface area contributed by atoms with Crippen molar-refractivity contribution in [1.29, 1.82) is 0 Å². The second kappa shape index (κ2) is 7.99. The first kappa shape index (κ1) is 18.6. The molecule has 27 heavy (non-hydrogen) atoms. The van der Waals surface area contributed by atoms with Crippen molar-refractivity contribution in [3.8, 4) is 0 Å². The van der Waals surface area contributed by atoms with Gasteiger partial charge in [-0.25, -0.2) is 4.79 Å². The van der Waals surface area contributed by atoms with Gasteiger partial charge in [0.15, 0.2) is 12.0 Å². The van der Waals surface area contributed by atoms with Crippen LogP contribution in [-0.4, -0.2) is 18.4 Å². The van der Waals surface area contributed by atoms with Gasteiger partial charge in [-0.3, -0.25) is 9.59 Å². The van der Waals surface area contributed by atoms with E-state index >= 15 is 0 Å². The highest BCUT2D eigenvalue weighted by Crippen LogP contribution is 2.16. The summed E-state index contributed by atoms with van der Waals surface area (Å²) in [5.41, 5.74) is 2.48. The van der Waals surface area contributed by atoms with Crippen molar-refractivity contribution in [3.63, 3.8) is 0 Å². The molecule has 0 fully saturated rings. The number of carbonyl (C=O) groups is 2. The summed E-state index contributed by atoms with van der Waals surface area (Å²) < 4.78 is 10.5. The minimum absolute atomic E-state index is 0.218. The van der Waals surface area contributed by atoms with E-state index in [1.165, 1.54) is 0 Å². The van der Waals surface area contributed by atoms with Gasteiger partial charge >= 0.3 is 5.97 Å². The number of Topliss-reactive ketones (excluding diaryl/α,β-unsaturated/α-hetero) is 1. The van der Waals surface area contributed by atoms with E-state index < -0.39 is 12.6 Å². The van der Waals surface area contributed by atoms with Crippen LogP contribution >= 0.6 is 0 Å². The Bertz CT molecular complexity index is 1060. The molecule has 2 aromatic carbocycles. The summed E-state index contributed by atoms with van der Waals surface area (Å²) in [5.74, 6) is -1.33. The minimum atomic E-state index is -0.837. The molecular weight excluding hydrogens is 344 g/mol. The van der Waals surface area contributed by atoms with Crippen LogP contribution < -0.4 is 5.43 Å². The van der Waals surface area contributed by atoms with Gasteiger partial charge in [-0.15, -0.1) is 0 Å². The van der Waals surface area contributed by atoms with Crippen molar-refractivity contribution in [2.75, 3.05) is 6.61 Å². The van der Waals surface area contributed by atoms with Crippen LogP contribution in [0, 0.1) is 0 Å². The lowest BCUT2D eigenvalue weighted by molar-refractivity contribution is 0.0444. The number of fused-ring (bicyclic) bond motifs is 1. The third kappa shape index (κ3) is 3.97. The molecular formula is C22H20O5. The topological polar surface area (TPSA) is 73.6 Å². The third-order valence-corrected chi connectivity index (χ3v) is 4.43.